The summed E-state index contributed by atoms with van der Waals surface area (Å²) in [6.07, 6.45) is 0.537. The molecule has 0 spiro atoms. The van der Waals surface area contributed by atoms with E-state index in [4.69, 9.17) is 28.3 Å². The van der Waals surface area contributed by atoms with Gasteiger partial charge < -0.3 is 15.7 Å². The SMILES string of the molecule is CNC1(c2ccc(Cl)cc2F)C(c2cccc(Cl)c2F)CN(CC(=O)Nc2ccc(C(=O)O)cc2)C1CC(C)(C)C. The van der Waals surface area contributed by atoms with Crippen LogP contribution in [0.3, 0.4) is 0 Å². The van der Waals surface area contributed by atoms with Crippen LogP contribution in [0.2, 0.25) is 10.0 Å². The molecule has 10 heteroatoms. The number of nitrogens with zero attached hydrogens (tertiary/aromatic N) is 1. The maximum absolute atomic E-state index is 15.8. The molecule has 3 atom stereocenters. The van der Waals surface area contributed by atoms with Crippen molar-refractivity contribution in [2.45, 2.75) is 44.7 Å². The fourth-order valence-corrected chi connectivity index (χ4v) is 6.29. The number of carbonyl (C=O) groups is 2. The highest BCUT2D eigenvalue weighted by molar-refractivity contribution is 6.31. The molecule has 1 amide bonds. The molecule has 0 aliphatic carbocycles. The van der Waals surface area contributed by atoms with Gasteiger partial charge in [0.2, 0.25) is 5.91 Å². The lowest BCUT2D eigenvalue weighted by Gasteiger charge is -2.44. The predicted molar refractivity (Wildman–Crippen MR) is 158 cm³/mol. The summed E-state index contributed by atoms with van der Waals surface area (Å²) in [5.41, 5.74) is -0.242. The first kappa shape index (κ1) is 30.9. The van der Waals surface area contributed by atoms with Gasteiger partial charge in [-0.2, -0.15) is 0 Å². The highest BCUT2D eigenvalue weighted by atomic mass is 35.5. The molecule has 1 fully saturated rings. The number of hydrogen-bond donors (Lipinski definition) is 3. The standard InChI is InChI=1S/C31H33Cl2F2N3O3/c1-30(2,3)15-26-31(36-4,22-13-10-19(32)14-25(22)34)23(21-6-5-7-24(33)28(21)35)16-38(26)17-27(39)37-20-11-8-18(9-12-20)29(40)41/h5-14,23,26,36H,15-17H2,1-4H3,(H,37,39)(H,40,41). The van der Waals surface area contributed by atoms with E-state index in [1.54, 1.807) is 31.3 Å². The maximum atomic E-state index is 15.8. The molecular weight excluding hydrogens is 571 g/mol. The molecule has 1 aliphatic rings. The lowest BCUT2D eigenvalue weighted by Crippen LogP contribution is -2.55. The van der Waals surface area contributed by atoms with Gasteiger partial charge in [0.1, 0.15) is 11.6 Å². The number of carbonyl (C=O) groups excluding carboxylic acids is 1. The van der Waals surface area contributed by atoms with E-state index < -0.39 is 35.1 Å². The monoisotopic (exact) mass is 603 g/mol. The van der Waals surface area contributed by atoms with Gasteiger partial charge in [0.15, 0.2) is 0 Å². The highest BCUT2D eigenvalue weighted by Gasteiger charge is 2.57. The third-order valence-electron chi connectivity index (χ3n) is 7.65. The predicted octanol–water partition coefficient (Wildman–Crippen LogP) is 6.93. The van der Waals surface area contributed by atoms with Gasteiger partial charge in [0.25, 0.3) is 0 Å². The minimum Gasteiger partial charge on any atom is -0.478 e. The number of likely N-dealkylation sites (N-methyl/N-ethyl adjacent to an activating group) is 1. The van der Waals surface area contributed by atoms with Gasteiger partial charge in [0.05, 0.1) is 22.7 Å². The van der Waals surface area contributed by atoms with Gasteiger partial charge in [-0.1, -0.05) is 62.2 Å². The molecule has 0 bridgehead atoms. The third-order valence-corrected chi connectivity index (χ3v) is 8.18. The minimum atomic E-state index is -1.16. The smallest absolute Gasteiger partial charge is 0.335 e. The Labute approximate surface area is 248 Å². The first-order valence-electron chi connectivity index (χ1n) is 13.2. The van der Waals surface area contributed by atoms with Gasteiger partial charge >= 0.3 is 5.97 Å². The van der Waals surface area contributed by atoms with Gasteiger partial charge in [-0.05, 0) is 66.9 Å². The van der Waals surface area contributed by atoms with Crippen LogP contribution in [0.4, 0.5) is 14.5 Å². The zero-order valence-corrected chi connectivity index (χ0v) is 24.8. The average Bonchev–Trinajstić information content (AvgIpc) is 3.17. The number of rotatable bonds is 8. The van der Waals surface area contributed by atoms with Gasteiger partial charge in [-0.15, -0.1) is 0 Å². The maximum Gasteiger partial charge on any atom is 0.335 e. The molecule has 0 aromatic heterocycles. The van der Waals surface area contributed by atoms with Crippen molar-refractivity contribution < 1.29 is 23.5 Å². The molecule has 1 heterocycles. The number of carboxylic acid groups (broad SMARTS) is 1. The van der Waals surface area contributed by atoms with Gasteiger partial charge in [-0.25, -0.2) is 13.6 Å². The van der Waals surface area contributed by atoms with E-state index in [1.807, 2.05) is 4.90 Å². The van der Waals surface area contributed by atoms with Crippen molar-refractivity contribution in [3.05, 3.63) is 99.0 Å². The van der Waals surface area contributed by atoms with Crippen molar-refractivity contribution in [2.75, 3.05) is 25.5 Å². The summed E-state index contributed by atoms with van der Waals surface area (Å²) in [5.74, 6) is -3.17. The summed E-state index contributed by atoms with van der Waals surface area (Å²) in [5, 5.41) is 15.5. The molecular formula is C31H33Cl2F2N3O3. The van der Waals surface area contributed by atoms with Crippen LogP contribution in [0, 0.1) is 17.0 Å². The molecule has 1 aliphatic heterocycles. The van der Waals surface area contributed by atoms with Crippen LogP contribution in [0.5, 0.6) is 0 Å². The van der Waals surface area contributed by atoms with E-state index in [2.05, 4.69) is 31.4 Å². The normalized spacial score (nSPS) is 21.2. The molecule has 218 valence electrons. The topological polar surface area (TPSA) is 81.7 Å². The number of nitrogens with one attached hydrogen (secondary N) is 2. The van der Waals surface area contributed by atoms with E-state index in [1.165, 1.54) is 36.4 Å². The number of hydrogen-bond acceptors (Lipinski definition) is 4. The Bertz CT molecular complexity index is 1450. The number of halogens is 4. The summed E-state index contributed by atoms with van der Waals surface area (Å²) in [4.78, 5) is 26.5. The van der Waals surface area contributed by atoms with E-state index in [0.29, 0.717) is 23.2 Å². The molecule has 6 nitrogen and oxygen atoms in total. The Hall–Kier alpha value is -3.04. The number of amides is 1. The van der Waals surface area contributed by atoms with Crippen LogP contribution in [-0.4, -0.2) is 48.1 Å². The number of carboxylic acids is 1. The van der Waals surface area contributed by atoms with Crippen molar-refractivity contribution >= 4 is 40.8 Å². The van der Waals surface area contributed by atoms with Crippen LogP contribution in [0.1, 0.15) is 54.6 Å². The van der Waals surface area contributed by atoms with Crippen LogP contribution < -0.4 is 10.6 Å². The lowest BCUT2D eigenvalue weighted by atomic mass is 9.69. The molecule has 41 heavy (non-hydrogen) atoms. The van der Waals surface area contributed by atoms with Crippen LogP contribution in [0.25, 0.3) is 0 Å². The summed E-state index contributed by atoms with van der Waals surface area (Å²) < 4.78 is 31.4. The van der Waals surface area contributed by atoms with E-state index in [0.717, 1.165) is 0 Å². The largest absolute Gasteiger partial charge is 0.478 e. The summed E-state index contributed by atoms with van der Waals surface area (Å²) in [6, 6.07) is 14.6. The fraction of sp³-hybridized carbons (Fsp3) is 0.355. The number of anilines is 1. The Balaban J connectivity index is 1.81. The van der Waals surface area contributed by atoms with Crippen molar-refractivity contribution in [3.63, 3.8) is 0 Å². The fourth-order valence-electron chi connectivity index (χ4n) is 5.95. The number of aromatic carboxylic acids is 1. The summed E-state index contributed by atoms with van der Waals surface area (Å²) in [7, 11) is 1.72. The van der Waals surface area contributed by atoms with Crippen molar-refractivity contribution in [1.29, 1.82) is 0 Å². The van der Waals surface area contributed by atoms with Gasteiger partial charge in [-0.3, -0.25) is 9.69 Å². The second-order valence-corrected chi connectivity index (χ2v) is 12.4. The molecule has 3 unspecified atom stereocenters. The van der Waals surface area contributed by atoms with Crippen LogP contribution in [-0.2, 0) is 10.3 Å². The minimum absolute atomic E-state index is 0.0440. The Morgan fingerprint density at radius 2 is 1.76 bits per heavy atom. The van der Waals surface area contributed by atoms with E-state index in [-0.39, 0.29) is 40.0 Å². The first-order valence-corrected chi connectivity index (χ1v) is 14.0. The molecule has 0 radical (unpaired) electrons. The molecule has 4 rings (SSSR count). The first-order chi connectivity index (χ1) is 19.3. The molecule has 0 saturated carbocycles. The molecule has 1 saturated heterocycles. The lowest BCUT2D eigenvalue weighted by molar-refractivity contribution is -0.117. The molecule has 3 N–H and O–H groups in total. The van der Waals surface area contributed by atoms with Crippen molar-refractivity contribution in [3.8, 4) is 0 Å². The van der Waals surface area contributed by atoms with Crippen LogP contribution in [0.15, 0.2) is 60.7 Å². The van der Waals surface area contributed by atoms with E-state index in [9.17, 15) is 9.59 Å². The Morgan fingerprint density at radius 3 is 2.34 bits per heavy atom. The van der Waals surface area contributed by atoms with Gasteiger partial charge in [0, 0.05) is 34.8 Å². The number of likely N-dealkylation sites (tertiary alicyclic amines) is 1. The Morgan fingerprint density at radius 1 is 1.07 bits per heavy atom. The van der Waals surface area contributed by atoms with Crippen molar-refractivity contribution in [1.82, 2.24) is 10.2 Å². The van der Waals surface area contributed by atoms with Crippen LogP contribution >= 0.6 is 23.2 Å². The number of benzene rings is 3. The third kappa shape index (κ3) is 6.41. The second-order valence-electron chi connectivity index (χ2n) is 11.6. The quantitative estimate of drug-likeness (QED) is 0.260. The second kappa shape index (κ2) is 12.1. The average molecular weight is 605 g/mol. The summed E-state index contributed by atoms with van der Waals surface area (Å²) >= 11 is 12.3. The van der Waals surface area contributed by atoms with Crippen molar-refractivity contribution in [2.24, 2.45) is 5.41 Å². The highest BCUT2D eigenvalue weighted by Crippen LogP contribution is 2.52. The van der Waals surface area contributed by atoms with E-state index >= 15 is 8.78 Å². The molecule has 3 aromatic carbocycles. The summed E-state index contributed by atoms with van der Waals surface area (Å²) in [6.45, 7) is 6.33. The zero-order chi connectivity index (χ0) is 30.1. The molecule has 3 aromatic rings. The Kier molecular flexibility index (Phi) is 9.09. The zero-order valence-electron chi connectivity index (χ0n) is 23.3.